The van der Waals surface area contributed by atoms with Gasteiger partial charge in [0.2, 0.25) is 5.91 Å². The molecule has 2 fully saturated rings. The number of thiazole rings is 1. The highest BCUT2D eigenvalue weighted by Crippen LogP contribution is 2.53. The number of nitro groups is 1. The van der Waals surface area contributed by atoms with E-state index in [1.165, 1.54) is 58.1 Å². The van der Waals surface area contributed by atoms with Gasteiger partial charge in [-0.15, -0.1) is 23.1 Å². The Morgan fingerprint density at radius 3 is 2.57 bits per heavy atom. The number of nitro benzene ring substituents is 1. The lowest BCUT2D eigenvalue weighted by molar-refractivity contribution is -0.384. The van der Waals surface area contributed by atoms with Gasteiger partial charge < -0.3 is 25.6 Å². The number of thioether (sulfide) groups is 1. The number of aliphatic hydroxyl groups excluding tert-OH is 1. The average Bonchev–Trinajstić information content (AvgIpc) is 3.64. The zero-order valence-electron chi connectivity index (χ0n) is 22.4. The van der Waals surface area contributed by atoms with Gasteiger partial charge in [-0.1, -0.05) is 6.92 Å². The van der Waals surface area contributed by atoms with Crippen molar-refractivity contribution < 1.29 is 39.1 Å². The lowest BCUT2D eigenvalue weighted by Gasteiger charge is -2.46. The molecular formula is C26H27N5O9S2. The quantitative estimate of drug-likeness (QED) is 0.212. The third-order valence-electron chi connectivity index (χ3n) is 7.67. The summed E-state index contributed by atoms with van der Waals surface area (Å²) in [7, 11) is 0. The molecule has 0 unspecified atom stereocenters. The summed E-state index contributed by atoms with van der Waals surface area (Å²) < 4.78 is 5.52. The molecule has 222 valence electrons. The molecule has 16 heteroatoms. The van der Waals surface area contributed by atoms with Crippen LogP contribution in [0.25, 0.3) is 0 Å². The highest BCUT2D eigenvalue weighted by atomic mass is 32.2. The van der Waals surface area contributed by atoms with Crippen LogP contribution in [-0.2, 0) is 20.9 Å². The fraction of sp³-hybridized carbons (Fsp3) is 0.423. The molecular weight excluding hydrogens is 590 g/mol. The second-order valence-electron chi connectivity index (χ2n) is 10.3. The first-order chi connectivity index (χ1) is 19.9. The number of amides is 3. The van der Waals surface area contributed by atoms with Crippen molar-refractivity contribution in [3.8, 4) is 0 Å². The maximum Gasteiger partial charge on any atom is 0.410 e. The fourth-order valence-electron chi connectivity index (χ4n) is 5.67. The summed E-state index contributed by atoms with van der Waals surface area (Å²) in [5.41, 5.74) is 5.76. The molecule has 1 aromatic heterocycles. The van der Waals surface area contributed by atoms with Gasteiger partial charge in [0.1, 0.15) is 23.0 Å². The average molecular weight is 618 g/mol. The molecule has 1 aromatic carbocycles. The van der Waals surface area contributed by atoms with Crippen molar-refractivity contribution >= 4 is 52.7 Å². The summed E-state index contributed by atoms with van der Waals surface area (Å²) in [6.07, 6.45) is -1.26. The minimum atomic E-state index is -1.25. The summed E-state index contributed by atoms with van der Waals surface area (Å²) in [6, 6.07) is 4.52. The van der Waals surface area contributed by atoms with E-state index < -0.39 is 52.9 Å². The third kappa shape index (κ3) is 5.20. The van der Waals surface area contributed by atoms with Crippen LogP contribution in [-0.4, -0.2) is 77.7 Å². The number of aliphatic hydroxyl groups is 1. The van der Waals surface area contributed by atoms with Gasteiger partial charge in [-0.2, -0.15) is 0 Å². The molecule has 4 heterocycles. The van der Waals surface area contributed by atoms with Crippen molar-refractivity contribution in [3.63, 3.8) is 0 Å². The van der Waals surface area contributed by atoms with Gasteiger partial charge in [0.05, 0.1) is 29.0 Å². The molecule has 2 aromatic rings. The Morgan fingerprint density at radius 2 is 2.00 bits per heavy atom. The number of ether oxygens (including phenoxy) is 1. The molecule has 3 aliphatic rings. The highest BCUT2D eigenvalue weighted by molar-refractivity contribution is 8.03. The summed E-state index contributed by atoms with van der Waals surface area (Å²) >= 11 is 2.43. The number of primary amides is 1. The van der Waals surface area contributed by atoms with Crippen LogP contribution in [0.3, 0.4) is 0 Å². The van der Waals surface area contributed by atoms with Gasteiger partial charge in [-0.05, 0) is 31.0 Å². The largest absolute Gasteiger partial charge is 0.477 e. The Kier molecular flexibility index (Phi) is 7.96. The number of fused-ring (bicyclic) bond motifs is 1. The normalized spacial score (nSPS) is 25.7. The van der Waals surface area contributed by atoms with Gasteiger partial charge in [-0.3, -0.25) is 24.6 Å². The third-order valence-corrected chi connectivity index (χ3v) is 10.1. The number of nitrogens with zero attached hydrogens (tertiary/aromatic N) is 4. The molecule has 0 spiro atoms. The van der Waals surface area contributed by atoms with Crippen molar-refractivity contribution in [2.45, 2.75) is 50.3 Å². The van der Waals surface area contributed by atoms with E-state index in [1.807, 2.05) is 6.92 Å². The van der Waals surface area contributed by atoms with E-state index in [-0.39, 0.29) is 41.4 Å². The van der Waals surface area contributed by atoms with Gasteiger partial charge in [-0.25, -0.2) is 14.6 Å². The summed E-state index contributed by atoms with van der Waals surface area (Å²) in [5.74, 6) is -3.44. The van der Waals surface area contributed by atoms with Crippen molar-refractivity contribution in [2.75, 3.05) is 6.54 Å². The van der Waals surface area contributed by atoms with Gasteiger partial charge in [0.15, 0.2) is 0 Å². The van der Waals surface area contributed by atoms with E-state index in [4.69, 9.17) is 10.5 Å². The first-order valence-electron chi connectivity index (χ1n) is 13.0. The molecule has 14 nitrogen and oxygen atoms in total. The smallest absolute Gasteiger partial charge is 0.410 e. The SMILES string of the molecule is C[C@@H](O)[C@H]1C(=O)N2C(C(=O)O)=C(S[C@H]3C[C@@H](c4nc(C(N)=O)cs4)N(C(=O)OCc4ccc([N+](=O)[O-])cc4)C3)[C@H](C)[C@H]12. The maximum absolute atomic E-state index is 13.3. The number of aromatic nitrogens is 1. The standard InChI is InChI=1S/C26H27N5O9S2/c1-11-19-18(12(2)32)24(34)30(19)20(25(35)36)21(11)42-15-7-17(23-28-16(10-41-23)22(27)33)29(8-15)26(37)40-9-13-3-5-14(6-4-13)31(38)39/h3-6,10-12,15,17-19,32H,7-9H2,1-2H3,(H2,27,33)(H,35,36)/t11-,12-,15+,17+,18-,19-/m1/s1. The number of aliphatic carboxylic acids is 1. The van der Waals surface area contributed by atoms with Crippen molar-refractivity contribution in [1.82, 2.24) is 14.8 Å². The second-order valence-corrected chi connectivity index (χ2v) is 12.6. The van der Waals surface area contributed by atoms with Crippen LogP contribution in [0.15, 0.2) is 40.2 Å². The van der Waals surface area contributed by atoms with Crippen LogP contribution in [0.1, 0.15) is 47.4 Å². The molecule has 0 bridgehead atoms. The summed E-state index contributed by atoms with van der Waals surface area (Å²) in [6.45, 7) is 3.34. The fourth-order valence-corrected chi connectivity index (χ4v) is 8.13. The topological polar surface area (TPSA) is 206 Å². The number of likely N-dealkylation sites (tertiary alicyclic amines) is 1. The molecule has 2 saturated heterocycles. The number of rotatable bonds is 9. The Morgan fingerprint density at radius 1 is 1.31 bits per heavy atom. The number of hydrogen-bond acceptors (Lipinski definition) is 11. The zero-order chi connectivity index (χ0) is 30.5. The van der Waals surface area contributed by atoms with E-state index in [0.717, 1.165) is 11.3 Å². The van der Waals surface area contributed by atoms with E-state index in [0.29, 0.717) is 21.9 Å². The first kappa shape index (κ1) is 29.5. The van der Waals surface area contributed by atoms with Crippen LogP contribution in [0.2, 0.25) is 0 Å². The van der Waals surface area contributed by atoms with Gasteiger partial charge >= 0.3 is 12.1 Å². The Bertz CT molecular complexity index is 1490. The van der Waals surface area contributed by atoms with Gasteiger partial charge in [0.25, 0.3) is 11.6 Å². The lowest BCUT2D eigenvalue weighted by Crippen LogP contribution is -2.63. The van der Waals surface area contributed by atoms with E-state index in [9.17, 15) is 39.5 Å². The lowest BCUT2D eigenvalue weighted by atomic mass is 9.79. The van der Waals surface area contributed by atoms with Gasteiger partial charge in [0, 0.05) is 40.1 Å². The number of carbonyl (C=O) groups excluding carboxylic acids is 3. The Labute approximate surface area is 247 Å². The monoisotopic (exact) mass is 617 g/mol. The Hall–Kier alpha value is -4.02. The number of nitrogens with two attached hydrogens (primary N) is 1. The summed E-state index contributed by atoms with van der Waals surface area (Å²) in [4.78, 5) is 67.8. The predicted octanol–water partition coefficient (Wildman–Crippen LogP) is 2.49. The van der Waals surface area contributed by atoms with Crippen LogP contribution in [0.4, 0.5) is 10.5 Å². The maximum atomic E-state index is 13.3. The Balaban J connectivity index is 1.37. The van der Waals surface area contributed by atoms with E-state index in [1.54, 1.807) is 0 Å². The second kappa shape index (κ2) is 11.3. The first-order valence-corrected chi connectivity index (χ1v) is 14.7. The molecule has 0 radical (unpaired) electrons. The molecule has 4 N–H and O–H groups in total. The summed E-state index contributed by atoms with van der Waals surface area (Å²) in [5, 5.41) is 32.7. The van der Waals surface area contributed by atoms with Crippen molar-refractivity contribution in [3.05, 3.63) is 66.6 Å². The van der Waals surface area contributed by atoms with Crippen LogP contribution >= 0.6 is 23.1 Å². The zero-order valence-corrected chi connectivity index (χ0v) is 24.0. The molecule has 3 aliphatic heterocycles. The van der Waals surface area contributed by atoms with Crippen LogP contribution in [0, 0.1) is 22.0 Å². The molecule has 6 atom stereocenters. The van der Waals surface area contributed by atoms with E-state index in [2.05, 4.69) is 4.98 Å². The molecule has 0 saturated carbocycles. The van der Waals surface area contributed by atoms with Crippen molar-refractivity contribution in [2.24, 2.45) is 17.6 Å². The number of carboxylic acid groups (broad SMARTS) is 1. The number of β-lactam (4-membered cyclic amide) rings is 1. The van der Waals surface area contributed by atoms with Crippen molar-refractivity contribution in [1.29, 1.82) is 0 Å². The minimum Gasteiger partial charge on any atom is -0.477 e. The molecule has 5 rings (SSSR count). The van der Waals surface area contributed by atoms with E-state index >= 15 is 0 Å². The number of non-ortho nitro benzene ring substituents is 1. The molecule has 42 heavy (non-hydrogen) atoms. The number of carbonyl (C=O) groups is 4. The number of carboxylic acids is 1. The van der Waals surface area contributed by atoms with Crippen LogP contribution in [0.5, 0.6) is 0 Å². The minimum absolute atomic E-state index is 0.0534. The van der Waals surface area contributed by atoms with Crippen LogP contribution < -0.4 is 5.73 Å². The number of benzene rings is 1. The molecule has 3 amide bonds. The predicted molar refractivity (Wildman–Crippen MR) is 149 cm³/mol. The highest BCUT2D eigenvalue weighted by Gasteiger charge is 2.60. The molecule has 0 aliphatic carbocycles. The number of hydrogen-bond donors (Lipinski definition) is 3.